The standard InChI is InChI=1S/C47H80NO7P/c1-3-5-7-9-11-13-15-17-18-19-20-21-22-23-24-25-26-27-29-31-33-35-37-39-42-52-44-46(45-54-56(50,51)53-43-41-48)55-47(49)40-38-36-34-32-30-28-16-14-12-10-8-6-4-2/h5,7,11,13-14,16-18,20-21,23-24,26-27,31,33,46H,3-4,6,8-10,12,15,19,22,25,28-30,32,34-45,48H2,1-2H3,(H,50,51)/b7-5-,13-11-,16-14-,18-17-,21-20-,24-23-,27-26-,33-31-. The van der Waals surface area contributed by atoms with Crippen LogP contribution in [0.3, 0.4) is 0 Å². The molecule has 0 aliphatic rings. The third-order valence-corrected chi connectivity index (χ3v) is 9.47. The molecule has 0 aromatic carbocycles. The third-order valence-electron chi connectivity index (χ3n) is 8.49. The lowest BCUT2D eigenvalue weighted by Gasteiger charge is -2.20. The molecule has 0 spiro atoms. The molecule has 0 heterocycles. The maximum Gasteiger partial charge on any atom is 0.472 e. The van der Waals surface area contributed by atoms with Gasteiger partial charge in [0.2, 0.25) is 0 Å². The Morgan fingerprint density at radius 2 is 1.00 bits per heavy atom. The molecule has 56 heavy (non-hydrogen) atoms. The van der Waals surface area contributed by atoms with Crippen LogP contribution in [-0.4, -0.2) is 49.9 Å². The van der Waals surface area contributed by atoms with E-state index in [1.165, 1.54) is 38.5 Å². The van der Waals surface area contributed by atoms with Crippen molar-refractivity contribution in [1.82, 2.24) is 0 Å². The second-order valence-electron chi connectivity index (χ2n) is 13.8. The molecule has 0 saturated carbocycles. The SMILES string of the molecule is CC/C=C\C/C=C\C/C=C\C/C=C\C/C=C\C/C=C\C/C=C\CCCCOCC(COP(=O)(O)OCCN)OC(=O)CCCCCCC/C=C\CCCCCC. The summed E-state index contributed by atoms with van der Waals surface area (Å²) in [6.07, 6.45) is 57.2. The predicted octanol–water partition coefficient (Wildman–Crippen LogP) is 13.1. The summed E-state index contributed by atoms with van der Waals surface area (Å²) in [7, 11) is -4.30. The number of hydrogen-bond acceptors (Lipinski definition) is 7. The van der Waals surface area contributed by atoms with Crippen LogP contribution in [-0.2, 0) is 27.9 Å². The third kappa shape index (κ3) is 42.6. The summed E-state index contributed by atoms with van der Waals surface area (Å²) < 4.78 is 33.3. The van der Waals surface area contributed by atoms with Crippen LogP contribution in [0.5, 0.6) is 0 Å². The molecule has 2 atom stereocenters. The summed E-state index contributed by atoms with van der Waals surface area (Å²) in [6, 6.07) is 0. The Morgan fingerprint density at radius 1 is 0.554 bits per heavy atom. The lowest BCUT2D eigenvalue weighted by atomic mass is 10.1. The van der Waals surface area contributed by atoms with Crippen LogP contribution in [0.25, 0.3) is 0 Å². The van der Waals surface area contributed by atoms with Gasteiger partial charge in [0.1, 0.15) is 6.10 Å². The lowest BCUT2D eigenvalue weighted by Crippen LogP contribution is -2.28. The number of rotatable bonds is 40. The van der Waals surface area contributed by atoms with Gasteiger partial charge < -0.3 is 20.1 Å². The second-order valence-corrected chi connectivity index (χ2v) is 15.3. The second kappa shape index (κ2) is 43.5. The number of esters is 1. The first kappa shape index (κ1) is 53.4. The maximum atomic E-state index is 12.6. The molecular weight excluding hydrogens is 721 g/mol. The zero-order valence-electron chi connectivity index (χ0n) is 35.3. The highest BCUT2D eigenvalue weighted by atomic mass is 31.2. The van der Waals surface area contributed by atoms with Gasteiger partial charge in [-0.2, -0.15) is 0 Å². The summed E-state index contributed by atoms with van der Waals surface area (Å²) in [5.74, 6) is -0.360. The van der Waals surface area contributed by atoms with Gasteiger partial charge in [0.05, 0.1) is 19.8 Å². The molecule has 0 amide bonds. The molecule has 0 aliphatic carbocycles. The van der Waals surface area contributed by atoms with E-state index in [9.17, 15) is 14.3 Å². The predicted molar refractivity (Wildman–Crippen MR) is 238 cm³/mol. The number of phosphoric acid groups is 1. The molecule has 0 rings (SSSR count). The van der Waals surface area contributed by atoms with E-state index in [4.69, 9.17) is 24.3 Å². The van der Waals surface area contributed by atoms with Crippen LogP contribution in [0.2, 0.25) is 0 Å². The van der Waals surface area contributed by atoms with E-state index in [1.54, 1.807) is 0 Å². The molecule has 3 N–H and O–H groups in total. The zero-order valence-corrected chi connectivity index (χ0v) is 36.2. The van der Waals surface area contributed by atoms with Gasteiger partial charge in [-0.1, -0.05) is 150 Å². The van der Waals surface area contributed by atoms with E-state index >= 15 is 0 Å². The van der Waals surface area contributed by atoms with Crippen molar-refractivity contribution in [2.24, 2.45) is 5.73 Å². The minimum atomic E-state index is -4.30. The first-order valence-electron chi connectivity index (χ1n) is 21.7. The van der Waals surface area contributed by atoms with Crippen LogP contribution in [0.1, 0.15) is 155 Å². The minimum Gasteiger partial charge on any atom is -0.457 e. The first-order chi connectivity index (χ1) is 27.4. The summed E-state index contributed by atoms with van der Waals surface area (Å²) >= 11 is 0. The van der Waals surface area contributed by atoms with Gasteiger partial charge in [-0.05, 0) is 96.3 Å². The zero-order chi connectivity index (χ0) is 40.9. The molecule has 0 aromatic rings. The Bertz CT molecular complexity index is 1170. The minimum absolute atomic E-state index is 0.0767. The number of ether oxygens (including phenoxy) is 2. The Labute approximate surface area is 342 Å². The molecule has 0 aliphatic heterocycles. The smallest absolute Gasteiger partial charge is 0.457 e. The van der Waals surface area contributed by atoms with Crippen LogP contribution in [0, 0.1) is 0 Å². The van der Waals surface area contributed by atoms with Crippen molar-refractivity contribution < 1.29 is 32.8 Å². The highest BCUT2D eigenvalue weighted by molar-refractivity contribution is 7.47. The molecule has 0 fully saturated rings. The van der Waals surface area contributed by atoms with Crippen molar-refractivity contribution in [3.8, 4) is 0 Å². The molecule has 9 heteroatoms. The Balaban J connectivity index is 4.15. The van der Waals surface area contributed by atoms with Crippen molar-refractivity contribution in [3.05, 3.63) is 97.2 Å². The molecular formula is C47H80NO7P. The van der Waals surface area contributed by atoms with Gasteiger partial charge in [0.15, 0.2) is 0 Å². The van der Waals surface area contributed by atoms with Gasteiger partial charge in [-0.3, -0.25) is 13.8 Å². The number of nitrogens with two attached hydrogens (primary N) is 1. The van der Waals surface area contributed by atoms with Crippen LogP contribution >= 0.6 is 7.82 Å². The molecule has 8 nitrogen and oxygen atoms in total. The van der Waals surface area contributed by atoms with E-state index in [1.807, 2.05) is 0 Å². The number of unbranched alkanes of at least 4 members (excludes halogenated alkanes) is 11. The van der Waals surface area contributed by atoms with Gasteiger partial charge in [-0.25, -0.2) is 4.57 Å². The molecule has 2 unspecified atom stereocenters. The fraction of sp³-hybridized carbons (Fsp3) is 0.638. The number of allylic oxidation sites excluding steroid dienone is 16. The summed E-state index contributed by atoms with van der Waals surface area (Å²) in [4.78, 5) is 22.4. The quantitative estimate of drug-likeness (QED) is 0.0272. The average molecular weight is 802 g/mol. The Hall–Kier alpha value is -2.58. The van der Waals surface area contributed by atoms with Gasteiger partial charge in [0, 0.05) is 19.6 Å². The van der Waals surface area contributed by atoms with Crippen molar-refractivity contribution in [2.45, 2.75) is 161 Å². The van der Waals surface area contributed by atoms with Crippen molar-refractivity contribution in [3.63, 3.8) is 0 Å². The molecule has 0 radical (unpaired) electrons. The summed E-state index contributed by atoms with van der Waals surface area (Å²) in [5, 5.41) is 0. The van der Waals surface area contributed by atoms with E-state index in [2.05, 4.69) is 111 Å². The van der Waals surface area contributed by atoms with Gasteiger partial charge >= 0.3 is 13.8 Å². The fourth-order valence-electron chi connectivity index (χ4n) is 5.32. The van der Waals surface area contributed by atoms with E-state index in [-0.39, 0.29) is 32.3 Å². The van der Waals surface area contributed by atoms with Crippen LogP contribution < -0.4 is 5.73 Å². The molecule has 0 aromatic heterocycles. The van der Waals surface area contributed by atoms with Crippen molar-refractivity contribution in [2.75, 3.05) is 33.0 Å². The van der Waals surface area contributed by atoms with Crippen LogP contribution in [0.15, 0.2) is 97.2 Å². The average Bonchev–Trinajstić information content (AvgIpc) is 3.19. The molecule has 0 saturated heterocycles. The van der Waals surface area contributed by atoms with Gasteiger partial charge in [0.25, 0.3) is 0 Å². The number of carbonyl (C=O) groups excluding carboxylic acids is 1. The largest absolute Gasteiger partial charge is 0.472 e. The highest BCUT2D eigenvalue weighted by Gasteiger charge is 2.25. The van der Waals surface area contributed by atoms with E-state index < -0.39 is 13.9 Å². The first-order valence-corrected chi connectivity index (χ1v) is 23.2. The van der Waals surface area contributed by atoms with E-state index in [0.29, 0.717) is 13.0 Å². The summed E-state index contributed by atoms with van der Waals surface area (Å²) in [5.41, 5.74) is 5.36. The summed E-state index contributed by atoms with van der Waals surface area (Å²) in [6.45, 7) is 4.63. The van der Waals surface area contributed by atoms with Crippen LogP contribution in [0.4, 0.5) is 0 Å². The normalized spacial score (nSPS) is 14.4. The number of carbonyl (C=O) groups is 1. The lowest BCUT2D eigenvalue weighted by molar-refractivity contribution is -0.154. The Morgan fingerprint density at radius 3 is 1.52 bits per heavy atom. The van der Waals surface area contributed by atoms with E-state index in [0.717, 1.165) is 96.3 Å². The number of hydrogen-bond donors (Lipinski definition) is 2. The Kier molecular flexibility index (Phi) is 41.5. The van der Waals surface area contributed by atoms with Crippen molar-refractivity contribution >= 4 is 13.8 Å². The molecule has 0 bridgehead atoms. The van der Waals surface area contributed by atoms with Gasteiger partial charge in [-0.15, -0.1) is 0 Å². The van der Waals surface area contributed by atoms with Crippen molar-refractivity contribution in [1.29, 1.82) is 0 Å². The fourth-order valence-corrected chi connectivity index (χ4v) is 6.09. The topological polar surface area (TPSA) is 117 Å². The maximum absolute atomic E-state index is 12.6. The highest BCUT2D eigenvalue weighted by Crippen LogP contribution is 2.43. The molecule has 320 valence electrons. The monoisotopic (exact) mass is 802 g/mol. The number of phosphoric ester groups is 1.